The highest BCUT2D eigenvalue weighted by molar-refractivity contribution is 6.01. The average molecular weight is 789 g/mol. The number of benzene rings is 4. The Morgan fingerprint density at radius 2 is 0.600 bits per heavy atom. The van der Waals surface area contributed by atoms with Gasteiger partial charge in [-0.1, -0.05) is 60.7 Å². The number of aromatic nitrogens is 4. The Kier molecular flexibility index (Phi) is 9.17. The largest absolute Gasteiger partial charge is 0.478 e. The third-order valence-electron chi connectivity index (χ3n) is 10.6. The van der Waals surface area contributed by atoms with E-state index in [0.29, 0.717) is 83.8 Å². The number of fused-ring (bicyclic) bond motifs is 8. The molecule has 0 fully saturated rings. The predicted octanol–water partition coefficient (Wildman–Crippen LogP) is 10.6. The Balaban J connectivity index is 1.43. The van der Waals surface area contributed by atoms with Crippen molar-refractivity contribution < 1.29 is 34.5 Å². The van der Waals surface area contributed by atoms with Crippen LogP contribution in [0.15, 0.2) is 121 Å². The maximum atomic E-state index is 12.3. The number of H-pyrrole nitrogens is 2. The van der Waals surface area contributed by atoms with Gasteiger partial charge in [-0.2, -0.15) is 0 Å². The van der Waals surface area contributed by atoms with Gasteiger partial charge < -0.3 is 25.3 Å². The first-order chi connectivity index (χ1) is 29.0. The number of hydrogen-bond acceptors (Lipinski definition) is 6. The Morgan fingerprint density at radius 3 is 0.817 bits per heavy atom. The second-order valence-electron chi connectivity index (χ2n) is 14.3. The number of hydrogen-bond donors (Lipinski definition) is 5. The zero-order valence-corrected chi connectivity index (χ0v) is 31.7. The Bertz CT molecular complexity index is 2750. The van der Waals surface area contributed by atoms with Gasteiger partial charge in [0.1, 0.15) is 0 Å². The van der Waals surface area contributed by atoms with Gasteiger partial charge in [0, 0.05) is 49.9 Å². The molecule has 0 spiro atoms. The topological polar surface area (TPSA) is 186 Å². The van der Waals surface area contributed by atoms with Crippen molar-refractivity contribution >= 4 is 70.1 Å². The highest BCUT2D eigenvalue weighted by Crippen LogP contribution is 2.38. The van der Waals surface area contributed by atoms with Gasteiger partial charge in [-0.3, -0.25) is 4.79 Å². The first kappa shape index (κ1) is 37.2. The van der Waals surface area contributed by atoms with Crippen molar-refractivity contribution in [1.82, 2.24) is 19.9 Å². The number of ketones is 1. The Hall–Kier alpha value is -8.44. The van der Waals surface area contributed by atoms with Crippen LogP contribution in [0.2, 0.25) is 0 Å². The number of nitrogens with one attached hydrogen (secondary N) is 2. The molecule has 9 rings (SSSR count). The van der Waals surface area contributed by atoms with Crippen molar-refractivity contribution in [1.29, 1.82) is 0 Å². The fourth-order valence-corrected chi connectivity index (χ4v) is 7.63. The van der Waals surface area contributed by atoms with Gasteiger partial charge in [0.2, 0.25) is 0 Å². The van der Waals surface area contributed by atoms with Crippen LogP contribution in [0.25, 0.3) is 90.9 Å². The lowest BCUT2D eigenvalue weighted by Crippen LogP contribution is -1.96. The van der Waals surface area contributed by atoms with Gasteiger partial charge in [-0.15, -0.1) is 0 Å². The smallest absolute Gasteiger partial charge is 0.335 e. The zero-order chi connectivity index (χ0) is 41.7. The van der Waals surface area contributed by atoms with Gasteiger partial charge in [-0.05, 0) is 114 Å². The van der Waals surface area contributed by atoms with Crippen LogP contribution < -0.4 is 0 Å². The molecule has 0 amide bonds. The number of carbonyl (C=O) groups excluding carboxylic acids is 1. The van der Waals surface area contributed by atoms with Gasteiger partial charge in [0.05, 0.1) is 39.5 Å². The van der Waals surface area contributed by atoms with Crippen molar-refractivity contribution in [2.24, 2.45) is 0 Å². The summed E-state index contributed by atoms with van der Waals surface area (Å²) in [4.78, 5) is 65.4. The molecule has 2 aliphatic heterocycles. The molecule has 11 nitrogen and oxygen atoms in total. The van der Waals surface area contributed by atoms with E-state index >= 15 is 0 Å². The lowest BCUT2D eigenvalue weighted by molar-refractivity contribution is 0.0686. The summed E-state index contributed by atoms with van der Waals surface area (Å²) in [6, 6.07) is 34.7. The summed E-state index contributed by atoms with van der Waals surface area (Å²) >= 11 is 0. The van der Waals surface area contributed by atoms with Gasteiger partial charge in [-0.25, -0.2) is 24.4 Å². The number of nitrogens with zero attached hydrogens (tertiary/aromatic N) is 2. The third kappa shape index (κ3) is 6.75. The quantitative estimate of drug-likeness (QED) is 0.0934. The summed E-state index contributed by atoms with van der Waals surface area (Å²) in [6.45, 7) is 1.52. The molecule has 0 radical (unpaired) electrons. The van der Waals surface area contributed by atoms with Crippen LogP contribution in [0.3, 0.4) is 0 Å². The maximum absolute atomic E-state index is 12.3. The third-order valence-corrected chi connectivity index (χ3v) is 10.6. The van der Waals surface area contributed by atoms with Crippen LogP contribution in [0.1, 0.15) is 71.1 Å². The number of aromatic amines is 2. The molecular formula is C49H32N4O7. The molecule has 8 bridgehead atoms. The van der Waals surface area contributed by atoms with E-state index in [1.807, 2.05) is 60.7 Å². The summed E-state index contributed by atoms with van der Waals surface area (Å²) in [5.74, 6) is -3.21. The molecule has 0 unspecified atom stereocenters. The van der Waals surface area contributed by atoms with Gasteiger partial charge in [0.25, 0.3) is 0 Å². The second kappa shape index (κ2) is 14.8. The summed E-state index contributed by atoms with van der Waals surface area (Å²) in [7, 11) is 0. The van der Waals surface area contributed by atoms with Crippen LogP contribution in [-0.4, -0.2) is 58.9 Å². The number of carboxylic acid groups (broad SMARTS) is 3. The fourth-order valence-electron chi connectivity index (χ4n) is 7.63. The number of Topliss-reactive ketones (excluding diaryl/α,β-unsaturated/α-hetero) is 1. The van der Waals surface area contributed by atoms with Crippen LogP contribution in [-0.2, 0) is 0 Å². The highest BCUT2D eigenvalue weighted by atomic mass is 16.4. The molecule has 5 N–H and O–H groups in total. The van der Waals surface area contributed by atoms with Gasteiger partial charge >= 0.3 is 17.9 Å². The number of carbonyl (C=O) groups is 4. The fraction of sp³-hybridized carbons (Fsp3) is 0.0204. The minimum atomic E-state index is -1.05. The molecule has 0 atom stereocenters. The molecule has 7 aromatic rings. The van der Waals surface area contributed by atoms with Crippen LogP contribution in [0.4, 0.5) is 0 Å². The predicted molar refractivity (Wildman–Crippen MR) is 231 cm³/mol. The first-order valence-corrected chi connectivity index (χ1v) is 18.8. The molecule has 5 heterocycles. The van der Waals surface area contributed by atoms with E-state index in [1.165, 1.54) is 19.1 Å². The van der Waals surface area contributed by atoms with Crippen molar-refractivity contribution in [3.05, 3.63) is 166 Å². The lowest BCUT2D eigenvalue weighted by Gasteiger charge is -2.08. The SMILES string of the molecule is CC(=O)c1ccc(-c2c3nc(c(-c4ccc(C(=O)O)cc4)c4ccc([nH]4)c(-c4ccc(C(=O)O)cc4)c4nc(c(-c5ccc(C(=O)O)cc5)c5ccc2[nH]5)C=C4)C=C3)cc1. The van der Waals surface area contributed by atoms with E-state index in [1.54, 1.807) is 72.8 Å². The molecule has 11 heteroatoms. The van der Waals surface area contributed by atoms with E-state index in [4.69, 9.17) is 9.97 Å². The standard InChI is InChI=1S/C49H32N4O7/c1-26(54)27-2-4-28(5-3-27)43-35-18-20-37(50-35)44(29-6-12-32(13-7-29)47(55)56)39-22-24-41(52-39)46(31-10-16-34(17-11-31)49(59)60)42-25-23-40(53-42)45(38-21-19-36(43)51-38)30-8-14-33(15-9-30)48(57)58/h2-25,50,53H,1H3,(H,55,56)(H,57,58)(H,59,60). The summed E-state index contributed by atoms with van der Waals surface area (Å²) in [6.07, 6.45) is 7.60. The molecule has 2 aliphatic rings. The second-order valence-corrected chi connectivity index (χ2v) is 14.3. The molecule has 60 heavy (non-hydrogen) atoms. The van der Waals surface area contributed by atoms with E-state index in [2.05, 4.69) is 9.97 Å². The number of rotatable bonds is 8. The molecular weight excluding hydrogens is 757 g/mol. The van der Waals surface area contributed by atoms with E-state index in [0.717, 1.165) is 11.1 Å². The van der Waals surface area contributed by atoms with Crippen LogP contribution in [0.5, 0.6) is 0 Å². The monoisotopic (exact) mass is 788 g/mol. The zero-order valence-electron chi connectivity index (χ0n) is 31.7. The maximum Gasteiger partial charge on any atom is 0.335 e. The summed E-state index contributed by atoms with van der Waals surface area (Å²) in [5, 5.41) is 29.1. The first-order valence-electron chi connectivity index (χ1n) is 18.8. The van der Waals surface area contributed by atoms with Crippen LogP contribution in [0, 0.1) is 0 Å². The minimum Gasteiger partial charge on any atom is -0.478 e. The normalized spacial score (nSPS) is 11.8. The van der Waals surface area contributed by atoms with E-state index in [-0.39, 0.29) is 22.5 Å². The molecule has 0 saturated carbocycles. The Morgan fingerprint density at radius 1 is 0.367 bits per heavy atom. The molecule has 290 valence electrons. The average Bonchev–Trinajstić information content (AvgIpc) is 4.10. The number of aromatic carboxylic acids is 3. The van der Waals surface area contributed by atoms with Crippen molar-refractivity contribution in [2.75, 3.05) is 0 Å². The molecule has 0 aliphatic carbocycles. The van der Waals surface area contributed by atoms with Gasteiger partial charge in [0.15, 0.2) is 5.78 Å². The summed E-state index contributed by atoms with van der Waals surface area (Å²) < 4.78 is 0. The van der Waals surface area contributed by atoms with Crippen molar-refractivity contribution in [3.63, 3.8) is 0 Å². The number of carboxylic acids is 3. The van der Waals surface area contributed by atoms with Crippen molar-refractivity contribution in [2.45, 2.75) is 6.92 Å². The molecule has 4 aromatic carbocycles. The molecule has 0 saturated heterocycles. The van der Waals surface area contributed by atoms with Crippen molar-refractivity contribution in [3.8, 4) is 44.5 Å². The van der Waals surface area contributed by atoms with E-state index in [9.17, 15) is 34.5 Å². The van der Waals surface area contributed by atoms with Crippen LogP contribution >= 0.6 is 0 Å². The Labute approximate surface area is 341 Å². The summed E-state index contributed by atoms with van der Waals surface area (Å²) in [5.41, 5.74) is 11.9. The van der Waals surface area contributed by atoms with E-state index < -0.39 is 17.9 Å². The minimum absolute atomic E-state index is 0.0636. The lowest BCUT2D eigenvalue weighted by atomic mass is 10.0. The molecule has 3 aromatic heterocycles. The highest BCUT2D eigenvalue weighted by Gasteiger charge is 2.20.